The summed E-state index contributed by atoms with van der Waals surface area (Å²) >= 11 is 0. The summed E-state index contributed by atoms with van der Waals surface area (Å²) in [5, 5.41) is 13.6. The number of nitrogen functional groups attached to an aromatic ring is 1. The largest absolute Gasteiger partial charge is 0.383 e. The van der Waals surface area contributed by atoms with Gasteiger partial charge in [0.05, 0.1) is 16.5 Å². The minimum Gasteiger partial charge on any atom is -0.383 e. The molecule has 4 N–H and O–H groups in total. The number of anilines is 1. The molecule has 0 radical (unpaired) electrons. The third kappa shape index (κ3) is 4.50. The van der Waals surface area contributed by atoms with Crippen LogP contribution >= 0.6 is 0 Å². The standard InChI is InChI=1S/C25H18F5N9O/c1-11(39-23-18(21(32)34-10-35-23)19(37-39)12(8-31)9-33-25(29)30)22-36-20-16(6-14(27)7-17(20)28)24(40)38(22)15-4-2-3-13(26)5-15/h2-11,25,31,33H,1H3,(H2,32,34,35)/b12-9+,31-8?. The smallest absolute Gasteiger partial charge is 0.312 e. The zero-order chi connectivity index (χ0) is 28.7. The summed E-state index contributed by atoms with van der Waals surface area (Å²) < 4.78 is 70.9. The van der Waals surface area contributed by atoms with Gasteiger partial charge in [-0.25, -0.2) is 32.8 Å². The number of fused-ring (bicyclic) bond motifs is 2. The molecular weight excluding hydrogens is 537 g/mol. The number of alkyl halides is 2. The van der Waals surface area contributed by atoms with E-state index < -0.39 is 41.1 Å². The maximum absolute atomic E-state index is 14.8. The van der Waals surface area contributed by atoms with E-state index in [-0.39, 0.29) is 45.0 Å². The van der Waals surface area contributed by atoms with Crippen LogP contribution in [0.25, 0.3) is 33.2 Å². The van der Waals surface area contributed by atoms with E-state index in [9.17, 15) is 26.7 Å². The molecule has 15 heteroatoms. The molecule has 204 valence electrons. The third-order valence-corrected chi connectivity index (χ3v) is 6.04. The van der Waals surface area contributed by atoms with Crippen molar-refractivity contribution in [3.8, 4) is 5.69 Å². The second-order valence-corrected chi connectivity index (χ2v) is 8.51. The van der Waals surface area contributed by atoms with Crippen LogP contribution < -0.4 is 16.6 Å². The molecule has 3 aromatic heterocycles. The molecule has 0 fully saturated rings. The second kappa shape index (κ2) is 10.2. The summed E-state index contributed by atoms with van der Waals surface area (Å²) in [5.74, 6) is -3.02. The lowest BCUT2D eigenvalue weighted by Gasteiger charge is -2.19. The number of benzene rings is 2. The fraction of sp³-hybridized carbons (Fsp3) is 0.120. The Bertz CT molecular complexity index is 1880. The summed E-state index contributed by atoms with van der Waals surface area (Å²) in [4.78, 5) is 26.0. The molecule has 0 aliphatic carbocycles. The molecule has 0 saturated heterocycles. The molecule has 0 spiro atoms. The highest BCUT2D eigenvalue weighted by Gasteiger charge is 2.27. The number of aromatic nitrogens is 6. The zero-order valence-electron chi connectivity index (χ0n) is 20.4. The van der Waals surface area contributed by atoms with Gasteiger partial charge >= 0.3 is 6.55 Å². The van der Waals surface area contributed by atoms with Crippen LogP contribution in [0.15, 0.2) is 53.7 Å². The Balaban J connectivity index is 1.83. The Labute approximate surface area is 221 Å². The topological polar surface area (TPSA) is 140 Å². The summed E-state index contributed by atoms with van der Waals surface area (Å²) in [5.41, 5.74) is 4.66. The van der Waals surface area contributed by atoms with Gasteiger partial charge in [0.15, 0.2) is 11.5 Å². The highest BCUT2D eigenvalue weighted by Crippen LogP contribution is 2.31. The minimum absolute atomic E-state index is 0.0120. The summed E-state index contributed by atoms with van der Waals surface area (Å²) in [7, 11) is 0. The molecule has 1 atom stereocenters. The van der Waals surface area contributed by atoms with Gasteiger partial charge in [0.25, 0.3) is 5.56 Å². The number of hydrogen-bond donors (Lipinski definition) is 3. The number of rotatable bonds is 7. The quantitative estimate of drug-likeness (QED) is 0.157. The van der Waals surface area contributed by atoms with Crippen LogP contribution in [-0.4, -0.2) is 42.1 Å². The molecule has 0 amide bonds. The van der Waals surface area contributed by atoms with E-state index in [1.165, 1.54) is 23.7 Å². The SMILES string of the molecule is CC(c1nc2c(F)cc(F)cc2c(=O)n1-c1cccc(F)c1)n1nc(/C(C=N)=C/NC(F)F)c2c(N)ncnc21. The van der Waals surface area contributed by atoms with Crippen LogP contribution in [0.2, 0.25) is 0 Å². The van der Waals surface area contributed by atoms with Crippen LogP contribution in [0.5, 0.6) is 0 Å². The van der Waals surface area contributed by atoms with Crippen LogP contribution in [-0.2, 0) is 0 Å². The van der Waals surface area contributed by atoms with Gasteiger partial charge in [-0.15, -0.1) is 0 Å². The molecule has 5 aromatic rings. The van der Waals surface area contributed by atoms with Crippen molar-refractivity contribution in [3.05, 3.63) is 88.2 Å². The Morgan fingerprint density at radius 3 is 2.60 bits per heavy atom. The monoisotopic (exact) mass is 555 g/mol. The summed E-state index contributed by atoms with van der Waals surface area (Å²) in [6.07, 6.45) is 2.74. The highest BCUT2D eigenvalue weighted by atomic mass is 19.3. The number of nitrogens with two attached hydrogens (primary N) is 1. The van der Waals surface area contributed by atoms with E-state index in [1.807, 2.05) is 0 Å². The van der Waals surface area contributed by atoms with Crippen molar-refractivity contribution in [3.63, 3.8) is 0 Å². The van der Waals surface area contributed by atoms with Crippen molar-refractivity contribution >= 4 is 39.5 Å². The van der Waals surface area contributed by atoms with Gasteiger partial charge in [-0.3, -0.25) is 9.36 Å². The van der Waals surface area contributed by atoms with Gasteiger partial charge in [-0.2, -0.15) is 13.9 Å². The highest BCUT2D eigenvalue weighted by molar-refractivity contribution is 6.13. The van der Waals surface area contributed by atoms with Crippen LogP contribution in [0.3, 0.4) is 0 Å². The first-order chi connectivity index (χ1) is 19.1. The molecular formula is C25H18F5N9O. The average Bonchev–Trinajstić information content (AvgIpc) is 3.29. The zero-order valence-corrected chi connectivity index (χ0v) is 20.4. The van der Waals surface area contributed by atoms with Crippen LogP contribution in [0, 0.1) is 22.9 Å². The lowest BCUT2D eigenvalue weighted by molar-refractivity contribution is 0.125. The van der Waals surface area contributed by atoms with Gasteiger partial charge in [0, 0.05) is 24.1 Å². The maximum Gasteiger partial charge on any atom is 0.312 e. The molecule has 40 heavy (non-hydrogen) atoms. The van der Waals surface area contributed by atoms with Gasteiger partial charge in [0.1, 0.15) is 46.9 Å². The van der Waals surface area contributed by atoms with Gasteiger partial charge in [-0.1, -0.05) is 6.07 Å². The lowest BCUT2D eigenvalue weighted by Crippen LogP contribution is -2.28. The van der Waals surface area contributed by atoms with E-state index in [4.69, 9.17) is 11.1 Å². The van der Waals surface area contributed by atoms with E-state index >= 15 is 0 Å². The van der Waals surface area contributed by atoms with E-state index in [0.717, 1.165) is 41.5 Å². The lowest BCUT2D eigenvalue weighted by atomic mass is 10.1. The van der Waals surface area contributed by atoms with Crippen molar-refractivity contribution in [1.29, 1.82) is 5.41 Å². The Morgan fingerprint density at radius 1 is 1.12 bits per heavy atom. The van der Waals surface area contributed by atoms with E-state index in [2.05, 4.69) is 20.1 Å². The molecule has 2 aromatic carbocycles. The first-order valence-electron chi connectivity index (χ1n) is 11.5. The van der Waals surface area contributed by atoms with Crippen molar-refractivity contribution in [2.24, 2.45) is 0 Å². The summed E-state index contributed by atoms with van der Waals surface area (Å²) in [6, 6.07) is 5.27. The van der Waals surface area contributed by atoms with Gasteiger partial charge in [-0.05, 0) is 31.2 Å². The Hall–Kier alpha value is -5.21. The average molecular weight is 555 g/mol. The maximum atomic E-state index is 14.8. The van der Waals surface area contributed by atoms with E-state index in [1.54, 1.807) is 5.32 Å². The van der Waals surface area contributed by atoms with Crippen molar-refractivity contribution in [2.75, 3.05) is 5.73 Å². The Kier molecular flexibility index (Phi) is 6.71. The summed E-state index contributed by atoms with van der Waals surface area (Å²) in [6.45, 7) is -1.41. The molecule has 0 aliphatic rings. The van der Waals surface area contributed by atoms with E-state index in [0.29, 0.717) is 6.07 Å². The van der Waals surface area contributed by atoms with Crippen molar-refractivity contribution < 1.29 is 22.0 Å². The number of hydrogen-bond acceptors (Lipinski definition) is 8. The molecule has 1 unspecified atom stereocenters. The van der Waals surface area contributed by atoms with Crippen LogP contribution in [0.1, 0.15) is 24.5 Å². The van der Waals surface area contributed by atoms with Crippen molar-refractivity contribution in [2.45, 2.75) is 19.5 Å². The van der Waals surface area contributed by atoms with Crippen LogP contribution in [0.4, 0.5) is 27.8 Å². The number of nitrogens with one attached hydrogen (secondary N) is 2. The number of nitrogens with zero attached hydrogens (tertiary/aromatic N) is 6. The molecule has 3 heterocycles. The molecule has 0 saturated carbocycles. The Morgan fingerprint density at radius 2 is 1.90 bits per heavy atom. The number of halogens is 5. The first kappa shape index (κ1) is 26.4. The predicted molar refractivity (Wildman–Crippen MR) is 137 cm³/mol. The fourth-order valence-corrected chi connectivity index (χ4v) is 4.28. The molecule has 5 rings (SSSR count). The normalized spacial score (nSPS) is 12.8. The number of allylic oxidation sites excluding steroid dienone is 1. The van der Waals surface area contributed by atoms with Gasteiger partial charge in [0.2, 0.25) is 0 Å². The molecule has 0 aliphatic heterocycles. The molecule has 0 bridgehead atoms. The third-order valence-electron chi connectivity index (χ3n) is 6.04. The van der Waals surface area contributed by atoms with Crippen molar-refractivity contribution in [1.82, 2.24) is 34.6 Å². The minimum atomic E-state index is -2.93. The predicted octanol–water partition coefficient (Wildman–Crippen LogP) is 3.94. The first-order valence-corrected chi connectivity index (χ1v) is 11.5. The second-order valence-electron chi connectivity index (χ2n) is 8.51. The molecule has 10 nitrogen and oxygen atoms in total. The fourth-order valence-electron chi connectivity index (χ4n) is 4.28. The van der Waals surface area contributed by atoms with Gasteiger partial charge < -0.3 is 16.5 Å².